The van der Waals surface area contributed by atoms with Crippen LogP contribution in [0.25, 0.3) is 0 Å². The number of nitrogens with zero attached hydrogens (tertiary/aromatic N) is 1. The summed E-state index contributed by atoms with van der Waals surface area (Å²) in [5, 5.41) is 7.31. The number of hydrogen-bond donors (Lipinski definition) is 2. The Labute approximate surface area is 175 Å². The molecule has 1 aromatic heterocycles. The van der Waals surface area contributed by atoms with E-state index in [0.717, 1.165) is 23.7 Å². The second-order valence-corrected chi connectivity index (χ2v) is 7.38. The lowest BCUT2D eigenvalue weighted by Gasteiger charge is -2.21. The third-order valence-electron chi connectivity index (χ3n) is 4.28. The van der Waals surface area contributed by atoms with Crippen LogP contribution in [0, 0.1) is 0 Å². The number of esters is 1. The summed E-state index contributed by atoms with van der Waals surface area (Å²) in [6.07, 6.45) is -0.0358. The topological polar surface area (TPSA) is 87.7 Å². The molecule has 0 aliphatic carbocycles. The molecule has 0 radical (unpaired) electrons. The monoisotopic (exact) mass is 417 g/mol. The maximum Gasteiger partial charge on any atom is 0.308 e. The minimum Gasteiger partial charge on any atom is -0.455 e. The Bertz CT molecular complexity index is 802. The molecule has 8 heteroatoms. The Balaban J connectivity index is 1.83. The molecule has 2 aromatic rings. The molecule has 1 aromatic carbocycles. The molecule has 156 valence electrons. The van der Waals surface area contributed by atoms with E-state index in [-0.39, 0.29) is 18.9 Å². The Morgan fingerprint density at radius 2 is 1.79 bits per heavy atom. The van der Waals surface area contributed by atoms with Crippen LogP contribution in [-0.2, 0) is 19.1 Å². The Morgan fingerprint density at radius 3 is 2.34 bits per heavy atom. The molecule has 1 heterocycles. The number of benzene rings is 1. The van der Waals surface area contributed by atoms with E-state index in [9.17, 15) is 14.4 Å². The van der Waals surface area contributed by atoms with Crippen LogP contribution in [0.5, 0.6) is 0 Å². The molecule has 0 saturated carbocycles. The summed E-state index contributed by atoms with van der Waals surface area (Å²) in [7, 11) is 0. The molecule has 2 amide bonds. The van der Waals surface area contributed by atoms with Crippen LogP contribution >= 0.6 is 11.3 Å². The Kier molecular flexibility index (Phi) is 8.67. The van der Waals surface area contributed by atoms with Gasteiger partial charge in [0.15, 0.2) is 6.61 Å². The van der Waals surface area contributed by atoms with Crippen molar-refractivity contribution < 1.29 is 19.1 Å². The fourth-order valence-electron chi connectivity index (χ4n) is 2.87. The van der Waals surface area contributed by atoms with E-state index in [0.29, 0.717) is 5.69 Å². The number of rotatable bonds is 10. The summed E-state index contributed by atoms with van der Waals surface area (Å²) >= 11 is 1.44. The second-order valence-electron chi connectivity index (χ2n) is 6.40. The predicted octanol–water partition coefficient (Wildman–Crippen LogP) is 3.34. The van der Waals surface area contributed by atoms with Crippen LogP contribution in [0.15, 0.2) is 41.8 Å². The summed E-state index contributed by atoms with van der Waals surface area (Å²) in [5.74, 6) is -1.20. The minimum absolute atomic E-state index is 0.0358. The SMILES string of the molecule is CCN(CC)c1ccc(NC(=O)COC(=O)CC(NC(C)=O)c2cccs2)cc1. The molecule has 0 saturated heterocycles. The molecule has 1 unspecified atom stereocenters. The standard InChI is InChI=1S/C21H27N3O4S/c1-4-24(5-2)17-10-8-16(9-11-17)23-20(26)14-28-21(27)13-18(22-15(3)25)19-7-6-12-29-19/h6-12,18H,4-5,13-14H2,1-3H3,(H,22,25)(H,23,26). The number of thiophene rings is 1. The van der Waals surface area contributed by atoms with Crippen LogP contribution < -0.4 is 15.5 Å². The van der Waals surface area contributed by atoms with Gasteiger partial charge in [-0.2, -0.15) is 0 Å². The van der Waals surface area contributed by atoms with Crippen molar-refractivity contribution in [2.45, 2.75) is 33.2 Å². The van der Waals surface area contributed by atoms with Gasteiger partial charge in [-0.3, -0.25) is 14.4 Å². The first kappa shape index (κ1) is 22.4. The van der Waals surface area contributed by atoms with Gasteiger partial charge < -0.3 is 20.3 Å². The highest BCUT2D eigenvalue weighted by molar-refractivity contribution is 7.10. The van der Waals surface area contributed by atoms with Gasteiger partial charge in [-0.1, -0.05) is 6.07 Å². The van der Waals surface area contributed by atoms with E-state index in [2.05, 4.69) is 29.4 Å². The summed E-state index contributed by atoms with van der Waals surface area (Å²) in [5.41, 5.74) is 1.72. The number of ether oxygens (including phenoxy) is 1. The summed E-state index contributed by atoms with van der Waals surface area (Å²) in [6, 6.07) is 10.7. The predicted molar refractivity (Wildman–Crippen MR) is 115 cm³/mol. The van der Waals surface area contributed by atoms with Crippen LogP contribution in [-0.4, -0.2) is 37.5 Å². The summed E-state index contributed by atoms with van der Waals surface area (Å²) < 4.78 is 5.08. The fraction of sp³-hybridized carbons (Fsp3) is 0.381. The molecule has 2 rings (SSSR count). The maximum absolute atomic E-state index is 12.1. The van der Waals surface area contributed by atoms with Crippen LogP contribution in [0.3, 0.4) is 0 Å². The number of carbonyl (C=O) groups is 3. The van der Waals surface area contributed by atoms with Gasteiger partial charge in [0.1, 0.15) is 0 Å². The number of carbonyl (C=O) groups excluding carboxylic acids is 3. The Hall–Kier alpha value is -2.87. The number of nitrogens with one attached hydrogen (secondary N) is 2. The molecule has 1 atom stereocenters. The summed E-state index contributed by atoms with van der Waals surface area (Å²) in [4.78, 5) is 38.6. The van der Waals surface area contributed by atoms with Crippen LogP contribution in [0.1, 0.15) is 38.1 Å². The van der Waals surface area contributed by atoms with Gasteiger partial charge in [-0.15, -0.1) is 11.3 Å². The van der Waals surface area contributed by atoms with Gasteiger partial charge in [0.25, 0.3) is 5.91 Å². The van der Waals surface area contributed by atoms with Crippen LogP contribution in [0.2, 0.25) is 0 Å². The van der Waals surface area contributed by atoms with Crippen molar-refractivity contribution in [1.29, 1.82) is 0 Å². The maximum atomic E-state index is 12.1. The number of hydrogen-bond acceptors (Lipinski definition) is 6. The highest BCUT2D eigenvalue weighted by atomic mass is 32.1. The molecular formula is C21H27N3O4S. The largest absolute Gasteiger partial charge is 0.455 e. The average molecular weight is 418 g/mol. The van der Waals surface area contributed by atoms with Crippen molar-refractivity contribution in [1.82, 2.24) is 5.32 Å². The third kappa shape index (κ3) is 7.23. The molecule has 0 spiro atoms. The number of anilines is 2. The lowest BCUT2D eigenvalue weighted by molar-refractivity contribution is -0.147. The molecule has 0 aliphatic rings. The van der Waals surface area contributed by atoms with E-state index in [1.54, 1.807) is 0 Å². The van der Waals surface area contributed by atoms with E-state index in [4.69, 9.17) is 4.74 Å². The molecule has 29 heavy (non-hydrogen) atoms. The van der Waals surface area contributed by atoms with E-state index < -0.39 is 17.9 Å². The van der Waals surface area contributed by atoms with Gasteiger partial charge >= 0.3 is 5.97 Å². The third-order valence-corrected chi connectivity index (χ3v) is 5.26. The highest BCUT2D eigenvalue weighted by Gasteiger charge is 2.19. The smallest absolute Gasteiger partial charge is 0.308 e. The molecule has 0 fully saturated rings. The average Bonchev–Trinajstić information content (AvgIpc) is 3.23. The molecule has 0 bridgehead atoms. The van der Waals surface area contributed by atoms with Crippen LogP contribution in [0.4, 0.5) is 11.4 Å². The van der Waals surface area contributed by atoms with Crippen molar-refractivity contribution >= 4 is 40.5 Å². The molecule has 2 N–H and O–H groups in total. The normalized spacial score (nSPS) is 11.4. The lowest BCUT2D eigenvalue weighted by Crippen LogP contribution is -2.29. The van der Waals surface area contributed by atoms with Gasteiger partial charge in [-0.05, 0) is 49.6 Å². The first-order valence-electron chi connectivity index (χ1n) is 9.53. The van der Waals surface area contributed by atoms with Gasteiger partial charge in [0, 0.05) is 36.3 Å². The zero-order valence-electron chi connectivity index (χ0n) is 16.9. The lowest BCUT2D eigenvalue weighted by atomic mass is 10.1. The van der Waals surface area contributed by atoms with Gasteiger partial charge in [0.05, 0.1) is 12.5 Å². The van der Waals surface area contributed by atoms with Crippen molar-refractivity contribution in [3.8, 4) is 0 Å². The van der Waals surface area contributed by atoms with Gasteiger partial charge in [-0.25, -0.2) is 0 Å². The fourth-order valence-corrected chi connectivity index (χ4v) is 3.65. The first-order chi connectivity index (χ1) is 13.9. The second kappa shape index (κ2) is 11.2. The van der Waals surface area contributed by atoms with Crippen molar-refractivity contribution in [2.24, 2.45) is 0 Å². The van der Waals surface area contributed by atoms with E-state index in [1.165, 1.54) is 18.3 Å². The number of amides is 2. The highest BCUT2D eigenvalue weighted by Crippen LogP contribution is 2.22. The molecule has 7 nitrogen and oxygen atoms in total. The zero-order chi connectivity index (χ0) is 21.2. The van der Waals surface area contributed by atoms with E-state index >= 15 is 0 Å². The van der Waals surface area contributed by atoms with Gasteiger partial charge in [0.2, 0.25) is 5.91 Å². The van der Waals surface area contributed by atoms with Crippen molar-refractivity contribution in [3.05, 3.63) is 46.7 Å². The Morgan fingerprint density at radius 1 is 1.10 bits per heavy atom. The molecule has 0 aliphatic heterocycles. The minimum atomic E-state index is -0.552. The van der Waals surface area contributed by atoms with E-state index in [1.807, 2.05) is 41.8 Å². The molecular weight excluding hydrogens is 390 g/mol. The summed E-state index contributed by atoms with van der Waals surface area (Å²) in [6.45, 7) is 7.00. The quantitative estimate of drug-likeness (QED) is 0.579. The zero-order valence-corrected chi connectivity index (χ0v) is 17.8. The van der Waals surface area contributed by atoms with Crippen molar-refractivity contribution in [2.75, 3.05) is 29.9 Å². The van der Waals surface area contributed by atoms with Crippen molar-refractivity contribution in [3.63, 3.8) is 0 Å². The first-order valence-corrected chi connectivity index (χ1v) is 10.4.